The minimum atomic E-state index is -1.85. The van der Waals surface area contributed by atoms with E-state index < -0.39 is 9.70 Å². The number of para-hydroxylation sites is 1. The quantitative estimate of drug-likeness (QED) is 0.865. The Bertz CT molecular complexity index is 551. The molecule has 5 nitrogen and oxygen atoms in total. The molecule has 2 aromatic rings. The highest BCUT2D eigenvalue weighted by molar-refractivity contribution is 6.66. The average molecular weight is 307 g/mol. The molecule has 0 fully saturated rings. The molecule has 0 saturated heterocycles. The minimum absolute atomic E-state index is 0.208. The van der Waals surface area contributed by atoms with E-state index in [0.29, 0.717) is 5.69 Å². The Morgan fingerprint density at radius 2 is 1.89 bits per heavy atom. The van der Waals surface area contributed by atoms with Crippen LogP contribution in [0.4, 0.5) is 5.69 Å². The number of carbonyl (C=O) groups excluding carboxylic acids is 1. The average Bonchev–Trinajstić information content (AvgIpc) is 2.79. The van der Waals surface area contributed by atoms with Crippen molar-refractivity contribution in [1.82, 2.24) is 10.1 Å². The van der Waals surface area contributed by atoms with Gasteiger partial charge in [0.15, 0.2) is 0 Å². The standard InChI is InChI=1S/C10H6Cl3N3O2/c11-10(12,13)9-15-7(16-18-9)8(17)14-6-4-2-1-3-5-6/h1-5H,(H,14,17). The van der Waals surface area contributed by atoms with Crippen LogP contribution in [0.2, 0.25) is 0 Å². The van der Waals surface area contributed by atoms with E-state index in [4.69, 9.17) is 34.8 Å². The summed E-state index contributed by atoms with van der Waals surface area (Å²) >= 11 is 16.6. The molecule has 0 atom stereocenters. The lowest BCUT2D eigenvalue weighted by Gasteiger charge is -2.02. The Morgan fingerprint density at radius 3 is 2.44 bits per heavy atom. The molecule has 1 N–H and O–H groups in total. The monoisotopic (exact) mass is 305 g/mol. The summed E-state index contributed by atoms with van der Waals surface area (Å²) < 4.78 is 2.82. The van der Waals surface area contributed by atoms with Crippen LogP contribution < -0.4 is 5.32 Å². The summed E-state index contributed by atoms with van der Waals surface area (Å²) in [5.74, 6) is -1.02. The molecule has 1 aromatic carbocycles. The highest BCUT2D eigenvalue weighted by Crippen LogP contribution is 2.36. The lowest BCUT2D eigenvalue weighted by molar-refractivity contribution is 0.101. The van der Waals surface area contributed by atoms with Crippen molar-refractivity contribution in [2.45, 2.75) is 3.79 Å². The molecule has 2 rings (SSSR count). The topological polar surface area (TPSA) is 68.0 Å². The van der Waals surface area contributed by atoms with Gasteiger partial charge in [-0.15, -0.1) is 0 Å². The third kappa shape index (κ3) is 3.13. The summed E-state index contributed by atoms with van der Waals surface area (Å²) in [6.45, 7) is 0. The SMILES string of the molecule is O=C(Nc1ccccc1)c1noc(C(Cl)(Cl)Cl)n1. The fourth-order valence-corrected chi connectivity index (χ4v) is 1.37. The van der Waals surface area contributed by atoms with E-state index in [2.05, 4.69) is 20.0 Å². The van der Waals surface area contributed by atoms with Crippen molar-refractivity contribution in [1.29, 1.82) is 0 Å². The van der Waals surface area contributed by atoms with Crippen LogP contribution in [-0.2, 0) is 3.79 Å². The van der Waals surface area contributed by atoms with E-state index in [1.54, 1.807) is 24.3 Å². The zero-order chi connectivity index (χ0) is 13.2. The van der Waals surface area contributed by atoms with Gasteiger partial charge in [0.2, 0.25) is 0 Å². The number of benzene rings is 1. The molecule has 0 saturated carbocycles. The van der Waals surface area contributed by atoms with Crippen LogP contribution in [0.5, 0.6) is 0 Å². The summed E-state index contributed by atoms with van der Waals surface area (Å²) in [5.41, 5.74) is 0.600. The van der Waals surface area contributed by atoms with Crippen molar-refractivity contribution in [3.63, 3.8) is 0 Å². The van der Waals surface area contributed by atoms with Gasteiger partial charge in [0.1, 0.15) is 0 Å². The van der Waals surface area contributed by atoms with Gasteiger partial charge in [0.25, 0.3) is 21.4 Å². The summed E-state index contributed by atoms with van der Waals surface area (Å²) in [6, 6.07) is 8.81. The summed E-state index contributed by atoms with van der Waals surface area (Å²) in [6.07, 6.45) is 0. The normalized spacial score (nSPS) is 11.3. The number of hydrogen-bond donors (Lipinski definition) is 1. The van der Waals surface area contributed by atoms with Crippen LogP contribution in [0, 0.1) is 0 Å². The summed E-state index contributed by atoms with van der Waals surface area (Å²) in [4.78, 5) is 15.4. The van der Waals surface area contributed by atoms with Gasteiger partial charge in [-0.1, -0.05) is 58.2 Å². The van der Waals surface area contributed by atoms with E-state index in [1.807, 2.05) is 6.07 Å². The Kier molecular flexibility index (Phi) is 3.75. The number of rotatable bonds is 2. The van der Waals surface area contributed by atoms with Crippen LogP contribution in [0.3, 0.4) is 0 Å². The predicted octanol–water partition coefficient (Wildman–Crippen LogP) is 3.15. The Hall–Kier alpha value is -1.30. The molecule has 0 aliphatic carbocycles. The van der Waals surface area contributed by atoms with Crippen molar-refractivity contribution in [3.05, 3.63) is 42.0 Å². The molecule has 0 radical (unpaired) electrons. The van der Waals surface area contributed by atoms with Crippen molar-refractivity contribution < 1.29 is 9.32 Å². The molecule has 1 aromatic heterocycles. The number of anilines is 1. The van der Waals surface area contributed by atoms with Gasteiger partial charge in [-0.05, 0) is 12.1 Å². The van der Waals surface area contributed by atoms with Gasteiger partial charge in [0.05, 0.1) is 0 Å². The van der Waals surface area contributed by atoms with E-state index in [9.17, 15) is 4.79 Å². The molecular weight excluding hydrogens is 300 g/mol. The van der Waals surface area contributed by atoms with Crippen molar-refractivity contribution >= 4 is 46.4 Å². The number of nitrogens with one attached hydrogen (secondary N) is 1. The molecule has 94 valence electrons. The third-order valence-corrected chi connectivity index (χ3v) is 2.39. The fourth-order valence-electron chi connectivity index (χ4n) is 1.14. The molecule has 0 aliphatic rings. The smallest absolute Gasteiger partial charge is 0.297 e. The predicted molar refractivity (Wildman–Crippen MR) is 67.9 cm³/mol. The Balaban J connectivity index is 2.13. The van der Waals surface area contributed by atoms with Crippen molar-refractivity contribution in [3.8, 4) is 0 Å². The van der Waals surface area contributed by atoms with Gasteiger partial charge >= 0.3 is 0 Å². The molecule has 1 heterocycles. The van der Waals surface area contributed by atoms with Gasteiger partial charge < -0.3 is 9.84 Å². The molecule has 0 spiro atoms. The van der Waals surface area contributed by atoms with Crippen molar-refractivity contribution in [2.24, 2.45) is 0 Å². The maximum Gasteiger partial charge on any atom is 0.297 e. The zero-order valence-corrected chi connectivity index (χ0v) is 11.0. The van der Waals surface area contributed by atoms with E-state index in [-0.39, 0.29) is 11.7 Å². The molecule has 0 unspecified atom stereocenters. The highest BCUT2D eigenvalue weighted by atomic mass is 35.6. The first-order chi connectivity index (χ1) is 8.47. The van der Waals surface area contributed by atoms with Crippen LogP contribution in [0.25, 0.3) is 0 Å². The van der Waals surface area contributed by atoms with Gasteiger partial charge in [-0.2, -0.15) is 4.98 Å². The molecule has 0 bridgehead atoms. The van der Waals surface area contributed by atoms with Gasteiger partial charge in [-0.25, -0.2) is 0 Å². The Labute approximate surface area is 117 Å². The number of nitrogens with zero attached hydrogens (tertiary/aromatic N) is 2. The molecule has 1 amide bonds. The van der Waals surface area contributed by atoms with E-state index in [0.717, 1.165) is 0 Å². The van der Waals surface area contributed by atoms with Crippen LogP contribution >= 0.6 is 34.8 Å². The summed E-state index contributed by atoms with van der Waals surface area (Å²) in [5, 5.41) is 6.00. The number of amides is 1. The second-order valence-corrected chi connectivity index (χ2v) is 5.52. The van der Waals surface area contributed by atoms with Crippen LogP contribution in [-0.4, -0.2) is 16.0 Å². The number of aromatic nitrogens is 2. The first kappa shape index (κ1) is 13.1. The first-order valence-electron chi connectivity index (χ1n) is 4.74. The fraction of sp³-hybridized carbons (Fsp3) is 0.100. The highest BCUT2D eigenvalue weighted by Gasteiger charge is 2.31. The molecular formula is C10H6Cl3N3O2. The second kappa shape index (κ2) is 5.14. The van der Waals surface area contributed by atoms with Crippen LogP contribution in [0.1, 0.15) is 16.5 Å². The van der Waals surface area contributed by atoms with E-state index in [1.165, 1.54) is 0 Å². The zero-order valence-electron chi connectivity index (χ0n) is 8.73. The van der Waals surface area contributed by atoms with Crippen molar-refractivity contribution in [2.75, 3.05) is 5.32 Å². The Morgan fingerprint density at radius 1 is 1.22 bits per heavy atom. The van der Waals surface area contributed by atoms with Gasteiger partial charge in [-0.3, -0.25) is 4.79 Å². The lowest BCUT2D eigenvalue weighted by Crippen LogP contribution is -2.14. The van der Waals surface area contributed by atoms with Crippen LogP contribution in [0.15, 0.2) is 34.9 Å². The second-order valence-electron chi connectivity index (χ2n) is 3.24. The maximum absolute atomic E-state index is 11.7. The summed E-state index contributed by atoms with van der Waals surface area (Å²) in [7, 11) is 0. The first-order valence-corrected chi connectivity index (χ1v) is 5.87. The third-order valence-electron chi connectivity index (χ3n) is 1.90. The number of carbonyl (C=O) groups is 1. The molecule has 8 heteroatoms. The lowest BCUT2D eigenvalue weighted by atomic mass is 10.3. The van der Waals surface area contributed by atoms with E-state index >= 15 is 0 Å². The molecule has 0 aliphatic heterocycles. The molecule has 18 heavy (non-hydrogen) atoms. The largest absolute Gasteiger partial charge is 0.334 e. The number of hydrogen-bond acceptors (Lipinski definition) is 4. The maximum atomic E-state index is 11.7. The minimum Gasteiger partial charge on any atom is -0.334 e. The number of halogens is 3. The van der Waals surface area contributed by atoms with Gasteiger partial charge in [0, 0.05) is 5.69 Å². The number of alkyl halides is 3.